The van der Waals surface area contributed by atoms with Crippen LogP contribution in [0.4, 0.5) is 0 Å². The van der Waals surface area contributed by atoms with E-state index in [9.17, 15) is 4.79 Å². The molecule has 2 atom stereocenters. The fourth-order valence-electron chi connectivity index (χ4n) is 1.26. The van der Waals surface area contributed by atoms with Gasteiger partial charge >= 0.3 is 0 Å². The maximum atomic E-state index is 10.1. The third kappa shape index (κ3) is 2.87. The van der Waals surface area contributed by atoms with E-state index in [1.165, 1.54) is 12.0 Å². The van der Waals surface area contributed by atoms with Crippen molar-refractivity contribution in [2.45, 2.75) is 12.5 Å². The average molecular weight is 187 g/mol. The highest BCUT2D eigenvalue weighted by molar-refractivity contribution is 7.93. The molecule has 1 aliphatic rings. The van der Waals surface area contributed by atoms with Crippen LogP contribution in [0.15, 0.2) is 12.2 Å². The molecule has 0 aromatic carbocycles. The molecule has 12 heavy (non-hydrogen) atoms. The number of hydrogen-bond donors (Lipinski definition) is 1. The molecule has 0 aromatic heterocycles. The van der Waals surface area contributed by atoms with Gasteiger partial charge in [-0.3, -0.25) is 4.79 Å². The monoisotopic (exact) mass is 187 g/mol. The summed E-state index contributed by atoms with van der Waals surface area (Å²) in [6, 6.07) is 0.206. The molecule has 0 fully saturated rings. The van der Waals surface area contributed by atoms with E-state index in [0.717, 1.165) is 19.4 Å². The number of hydrogen-bond acceptors (Lipinski definition) is 3. The van der Waals surface area contributed by atoms with Crippen LogP contribution in [0.3, 0.4) is 0 Å². The third-order valence-electron chi connectivity index (χ3n) is 1.85. The van der Waals surface area contributed by atoms with Gasteiger partial charge in [-0.2, -0.15) is 0 Å². The van der Waals surface area contributed by atoms with Crippen molar-refractivity contribution in [1.82, 2.24) is 5.32 Å². The molecule has 0 bridgehead atoms. The van der Waals surface area contributed by atoms with Crippen molar-refractivity contribution >= 4 is 18.5 Å². The van der Waals surface area contributed by atoms with Gasteiger partial charge in [-0.15, -0.1) is 0 Å². The maximum absolute atomic E-state index is 10.1. The number of carbonyl (C=O) groups is 1. The summed E-state index contributed by atoms with van der Waals surface area (Å²) in [5.74, 6) is 0.454. The van der Waals surface area contributed by atoms with Crippen molar-refractivity contribution in [3.05, 3.63) is 12.2 Å². The number of carbonyl (C=O) groups excluding carboxylic acids is 1. The molecule has 0 saturated carbocycles. The molecule has 0 aliphatic heterocycles. The molecule has 1 N–H and O–H groups in total. The molecule has 0 radical (unpaired) electrons. The zero-order valence-corrected chi connectivity index (χ0v) is 7.84. The fraction of sp³-hybridized carbons (Fsp3) is 0.625. The van der Waals surface area contributed by atoms with Gasteiger partial charge in [-0.05, 0) is 18.5 Å². The van der Waals surface area contributed by atoms with Gasteiger partial charge in [0.2, 0.25) is 6.41 Å². The minimum Gasteiger partial charge on any atom is -0.352 e. The molecular weight excluding hydrogens is 174 g/mol. The Balaban J connectivity index is 2.18. The minimum atomic E-state index is 0.206. The van der Waals surface area contributed by atoms with E-state index in [-0.39, 0.29) is 6.04 Å². The standard InChI is InChI=1S/C8H13NO2S/c1-12-11-5-7-2-3-8(4-7)9-6-10/h2-3,6-8H,4-5H2,1H3,(H,9,10). The average Bonchev–Trinajstić information content (AvgIpc) is 2.50. The largest absolute Gasteiger partial charge is 0.352 e. The van der Waals surface area contributed by atoms with Crippen LogP contribution in [0.5, 0.6) is 0 Å². The molecule has 4 heteroatoms. The van der Waals surface area contributed by atoms with E-state index >= 15 is 0 Å². The zero-order chi connectivity index (χ0) is 8.81. The Bertz CT molecular complexity index is 172. The molecular formula is C8H13NO2S. The summed E-state index contributed by atoms with van der Waals surface area (Å²) in [5, 5.41) is 2.72. The Morgan fingerprint density at radius 1 is 1.75 bits per heavy atom. The Morgan fingerprint density at radius 2 is 2.58 bits per heavy atom. The molecule has 68 valence electrons. The van der Waals surface area contributed by atoms with Crippen LogP contribution in [0.2, 0.25) is 0 Å². The van der Waals surface area contributed by atoms with Crippen molar-refractivity contribution in [2.75, 3.05) is 12.9 Å². The second-order valence-corrected chi connectivity index (χ2v) is 3.29. The van der Waals surface area contributed by atoms with E-state index in [1.807, 2.05) is 12.3 Å². The normalized spacial score (nSPS) is 27.4. The van der Waals surface area contributed by atoms with E-state index in [0.29, 0.717) is 5.92 Å². The van der Waals surface area contributed by atoms with Crippen LogP contribution in [-0.4, -0.2) is 25.3 Å². The summed E-state index contributed by atoms with van der Waals surface area (Å²) >= 11 is 1.38. The van der Waals surface area contributed by atoms with Gasteiger partial charge in [-0.25, -0.2) is 0 Å². The molecule has 0 saturated heterocycles. The molecule has 0 spiro atoms. The minimum absolute atomic E-state index is 0.206. The van der Waals surface area contributed by atoms with Gasteiger partial charge in [0.1, 0.15) is 0 Å². The first kappa shape index (κ1) is 9.61. The van der Waals surface area contributed by atoms with E-state index in [1.54, 1.807) is 0 Å². The summed E-state index contributed by atoms with van der Waals surface area (Å²) in [6.07, 6.45) is 7.71. The Labute approximate surface area is 76.8 Å². The number of nitrogens with one attached hydrogen (secondary N) is 1. The van der Waals surface area contributed by atoms with Gasteiger partial charge in [0, 0.05) is 18.2 Å². The summed E-state index contributed by atoms with van der Waals surface area (Å²) in [4.78, 5) is 10.1. The second-order valence-electron chi connectivity index (χ2n) is 2.72. The maximum Gasteiger partial charge on any atom is 0.207 e. The molecule has 1 aliphatic carbocycles. The van der Waals surface area contributed by atoms with Gasteiger partial charge < -0.3 is 9.50 Å². The quantitative estimate of drug-likeness (QED) is 0.396. The highest BCUT2D eigenvalue weighted by atomic mass is 32.2. The lowest BCUT2D eigenvalue weighted by molar-refractivity contribution is -0.109. The van der Waals surface area contributed by atoms with Gasteiger partial charge in [-0.1, -0.05) is 12.2 Å². The van der Waals surface area contributed by atoms with Crippen molar-refractivity contribution in [1.29, 1.82) is 0 Å². The smallest absolute Gasteiger partial charge is 0.207 e. The summed E-state index contributed by atoms with van der Waals surface area (Å²) in [7, 11) is 0. The topological polar surface area (TPSA) is 38.3 Å². The molecule has 1 amide bonds. The van der Waals surface area contributed by atoms with Crippen LogP contribution in [-0.2, 0) is 8.98 Å². The second kappa shape index (κ2) is 5.22. The number of rotatable bonds is 5. The van der Waals surface area contributed by atoms with Gasteiger partial charge in [0.25, 0.3) is 0 Å². The lowest BCUT2D eigenvalue weighted by Crippen LogP contribution is -2.24. The lowest BCUT2D eigenvalue weighted by Gasteiger charge is -2.09. The predicted molar refractivity (Wildman–Crippen MR) is 49.7 cm³/mol. The zero-order valence-electron chi connectivity index (χ0n) is 7.03. The van der Waals surface area contributed by atoms with Crippen LogP contribution >= 0.6 is 12.0 Å². The van der Waals surface area contributed by atoms with Gasteiger partial charge in [0.15, 0.2) is 0 Å². The van der Waals surface area contributed by atoms with Crippen molar-refractivity contribution < 1.29 is 8.98 Å². The van der Waals surface area contributed by atoms with Crippen LogP contribution < -0.4 is 5.32 Å². The van der Waals surface area contributed by atoms with E-state index in [2.05, 4.69) is 11.4 Å². The van der Waals surface area contributed by atoms with Crippen molar-refractivity contribution in [3.63, 3.8) is 0 Å². The predicted octanol–water partition coefficient (Wildman–Crippen LogP) is 0.972. The molecule has 0 aromatic rings. The molecule has 3 nitrogen and oxygen atoms in total. The Morgan fingerprint density at radius 3 is 3.25 bits per heavy atom. The first-order valence-electron chi connectivity index (χ1n) is 3.90. The van der Waals surface area contributed by atoms with Crippen LogP contribution in [0.1, 0.15) is 6.42 Å². The van der Waals surface area contributed by atoms with E-state index in [4.69, 9.17) is 4.18 Å². The van der Waals surface area contributed by atoms with Crippen molar-refractivity contribution in [3.8, 4) is 0 Å². The third-order valence-corrected chi connectivity index (χ3v) is 2.23. The highest BCUT2D eigenvalue weighted by Crippen LogP contribution is 2.18. The Hall–Kier alpha value is -0.480. The molecule has 0 heterocycles. The molecule has 2 unspecified atom stereocenters. The Kier molecular flexibility index (Phi) is 4.18. The van der Waals surface area contributed by atoms with Gasteiger partial charge in [0.05, 0.1) is 6.61 Å². The van der Waals surface area contributed by atoms with Crippen LogP contribution in [0, 0.1) is 5.92 Å². The first-order chi connectivity index (χ1) is 5.86. The fourth-order valence-corrected chi connectivity index (χ4v) is 1.58. The first-order valence-corrected chi connectivity index (χ1v) is 5.05. The van der Waals surface area contributed by atoms with Crippen LogP contribution in [0.25, 0.3) is 0 Å². The summed E-state index contributed by atoms with van der Waals surface area (Å²) in [6.45, 7) is 0.731. The highest BCUT2D eigenvalue weighted by Gasteiger charge is 2.17. The summed E-state index contributed by atoms with van der Waals surface area (Å²) < 4.78 is 5.19. The lowest BCUT2D eigenvalue weighted by atomic mass is 10.1. The van der Waals surface area contributed by atoms with E-state index < -0.39 is 0 Å². The SMILES string of the molecule is CSOCC1C=CC(NC=O)C1. The number of amides is 1. The van der Waals surface area contributed by atoms with Crippen molar-refractivity contribution in [2.24, 2.45) is 5.92 Å². The molecule has 1 rings (SSSR count). The summed E-state index contributed by atoms with van der Waals surface area (Å²) in [5.41, 5.74) is 0.